The summed E-state index contributed by atoms with van der Waals surface area (Å²) < 4.78 is 26.0. The van der Waals surface area contributed by atoms with E-state index in [2.05, 4.69) is 5.16 Å². The van der Waals surface area contributed by atoms with Crippen LogP contribution in [0.4, 0.5) is 4.39 Å². The van der Waals surface area contributed by atoms with E-state index in [1.807, 2.05) is 36.4 Å². The van der Waals surface area contributed by atoms with Crippen LogP contribution in [-0.4, -0.2) is 29.3 Å². The number of carbonyl (C=O) groups is 1. The SMILES string of the molecule is Cc1onc(-c2c(F)cccc2Cl)c1C(=O)N1OCC2COc3ccc4ccccc4c3C21. The number of aryl methyl sites for hydroxylation is 1. The lowest BCUT2D eigenvalue weighted by molar-refractivity contribution is -0.0966. The molecule has 0 aliphatic carbocycles. The Balaban J connectivity index is 1.49. The molecule has 0 spiro atoms. The van der Waals surface area contributed by atoms with Gasteiger partial charge in [-0.05, 0) is 35.9 Å². The van der Waals surface area contributed by atoms with E-state index in [0.29, 0.717) is 13.2 Å². The molecule has 166 valence electrons. The van der Waals surface area contributed by atoms with Gasteiger partial charge in [0.25, 0.3) is 5.91 Å². The molecule has 1 amide bonds. The van der Waals surface area contributed by atoms with Crippen molar-refractivity contribution in [2.45, 2.75) is 13.0 Å². The van der Waals surface area contributed by atoms with Crippen molar-refractivity contribution in [1.29, 1.82) is 0 Å². The third-order valence-electron chi connectivity index (χ3n) is 6.28. The van der Waals surface area contributed by atoms with Crippen LogP contribution < -0.4 is 4.74 Å². The summed E-state index contributed by atoms with van der Waals surface area (Å²) in [6, 6.07) is 15.8. The Morgan fingerprint density at radius 3 is 2.82 bits per heavy atom. The predicted octanol–water partition coefficient (Wildman–Crippen LogP) is 5.73. The maximum Gasteiger partial charge on any atom is 0.283 e. The fourth-order valence-corrected chi connectivity index (χ4v) is 5.00. The van der Waals surface area contributed by atoms with Crippen LogP contribution in [0.1, 0.15) is 27.7 Å². The van der Waals surface area contributed by atoms with E-state index in [0.717, 1.165) is 22.1 Å². The number of benzene rings is 3. The van der Waals surface area contributed by atoms with Gasteiger partial charge in [-0.2, -0.15) is 0 Å². The number of hydrogen-bond donors (Lipinski definition) is 0. The highest BCUT2D eigenvalue weighted by Crippen LogP contribution is 2.47. The monoisotopic (exact) mass is 464 g/mol. The molecule has 6 nitrogen and oxygen atoms in total. The van der Waals surface area contributed by atoms with Gasteiger partial charge in [-0.15, -0.1) is 0 Å². The average Bonchev–Trinajstić information content (AvgIpc) is 3.42. The second kappa shape index (κ2) is 7.57. The first-order valence-corrected chi connectivity index (χ1v) is 10.9. The molecule has 3 heterocycles. The molecule has 2 atom stereocenters. The highest BCUT2D eigenvalue weighted by molar-refractivity contribution is 6.33. The molecule has 1 fully saturated rings. The largest absolute Gasteiger partial charge is 0.493 e. The minimum absolute atomic E-state index is 0.0212. The van der Waals surface area contributed by atoms with Gasteiger partial charge in [0.1, 0.15) is 28.6 Å². The van der Waals surface area contributed by atoms with Crippen molar-refractivity contribution >= 4 is 28.3 Å². The van der Waals surface area contributed by atoms with Crippen molar-refractivity contribution in [3.05, 3.63) is 82.3 Å². The summed E-state index contributed by atoms with van der Waals surface area (Å²) in [4.78, 5) is 19.7. The van der Waals surface area contributed by atoms with Crippen LogP contribution in [0.25, 0.3) is 22.0 Å². The third kappa shape index (κ3) is 3.03. The molecule has 4 aromatic rings. The summed E-state index contributed by atoms with van der Waals surface area (Å²) in [7, 11) is 0. The lowest BCUT2D eigenvalue weighted by Gasteiger charge is -2.32. The molecular weight excluding hydrogens is 447 g/mol. The molecule has 1 aromatic heterocycles. The van der Waals surface area contributed by atoms with Gasteiger partial charge < -0.3 is 9.26 Å². The molecule has 1 saturated heterocycles. The Labute approximate surface area is 193 Å². The van der Waals surface area contributed by atoms with E-state index in [1.54, 1.807) is 13.0 Å². The molecule has 2 aliphatic rings. The van der Waals surface area contributed by atoms with Crippen molar-refractivity contribution < 1.29 is 23.3 Å². The second-order valence-electron chi connectivity index (χ2n) is 8.20. The minimum atomic E-state index is -0.590. The molecule has 2 unspecified atom stereocenters. The highest BCUT2D eigenvalue weighted by atomic mass is 35.5. The van der Waals surface area contributed by atoms with Gasteiger partial charge in [0, 0.05) is 11.5 Å². The van der Waals surface area contributed by atoms with Gasteiger partial charge in [0.2, 0.25) is 0 Å². The van der Waals surface area contributed by atoms with E-state index in [4.69, 9.17) is 25.7 Å². The molecule has 3 aromatic carbocycles. The molecule has 0 radical (unpaired) electrons. The van der Waals surface area contributed by atoms with Gasteiger partial charge in [0.05, 0.1) is 29.8 Å². The zero-order valence-electron chi connectivity index (χ0n) is 17.5. The van der Waals surface area contributed by atoms with Crippen LogP contribution in [0.3, 0.4) is 0 Å². The number of ether oxygens (including phenoxy) is 1. The Bertz CT molecular complexity index is 1400. The number of nitrogens with zero attached hydrogens (tertiary/aromatic N) is 2. The normalized spacial score (nSPS) is 19.3. The molecule has 0 N–H and O–H groups in total. The first-order valence-electron chi connectivity index (χ1n) is 10.6. The van der Waals surface area contributed by atoms with Crippen LogP contribution in [0, 0.1) is 18.7 Å². The van der Waals surface area contributed by atoms with E-state index in [1.165, 1.54) is 17.2 Å². The number of aromatic nitrogens is 1. The first-order chi connectivity index (χ1) is 16.0. The third-order valence-corrected chi connectivity index (χ3v) is 6.60. The molecule has 33 heavy (non-hydrogen) atoms. The number of hydroxylamine groups is 2. The van der Waals surface area contributed by atoms with Crippen LogP contribution >= 0.6 is 11.6 Å². The van der Waals surface area contributed by atoms with Crippen molar-refractivity contribution in [2.75, 3.05) is 13.2 Å². The van der Waals surface area contributed by atoms with Crippen molar-refractivity contribution in [2.24, 2.45) is 5.92 Å². The van der Waals surface area contributed by atoms with Crippen LogP contribution in [0.2, 0.25) is 5.02 Å². The van der Waals surface area contributed by atoms with E-state index >= 15 is 0 Å². The van der Waals surface area contributed by atoms with E-state index < -0.39 is 11.7 Å². The molecule has 0 bridgehead atoms. The number of fused-ring (bicyclic) bond motifs is 5. The zero-order chi connectivity index (χ0) is 22.7. The van der Waals surface area contributed by atoms with Gasteiger partial charge in [-0.25, -0.2) is 9.45 Å². The lowest BCUT2D eigenvalue weighted by atomic mass is 9.88. The maximum atomic E-state index is 14.7. The summed E-state index contributed by atoms with van der Waals surface area (Å²) in [5.74, 6) is -0.124. The van der Waals surface area contributed by atoms with Gasteiger partial charge >= 0.3 is 0 Å². The smallest absolute Gasteiger partial charge is 0.283 e. The van der Waals surface area contributed by atoms with Gasteiger partial charge in [-0.3, -0.25) is 9.63 Å². The second-order valence-corrected chi connectivity index (χ2v) is 8.61. The Kier molecular flexibility index (Phi) is 4.64. The number of carbonyl (C=O) groups excluding carboxylic acids is 1. The lowest BCUT2D eigenvalue weighted by Crippen LogP contribution is -2.35. The number of halogens is 2. The molecule has 6 rings (SSSR count). The van der Waals surface area contributed by atoms with Crippen LogP contribution in [0.5, 0.6) is 5.75 Å². The summed E-state index contributed by atoms with van der Waals surface area (Å²) in [6.07, 6.45) is 0. The molecule has 2 aliphatic heterocycles. The fourth-order valence-electron chi connectivity index (χ4n) is 4.75. The Hall–Kier alpha value is -3.42. The summed E-state index contributed by atoms with van der Waals surface area (Å²) in [5.41, 5.74) is 1.09. The fraction of sp³-hybridized carbons (Fsp3) is 0.200. The minimum Gasteiger partial charge on any atom is -0.493 e. The number of amides is 1. The topological polar surface area (TPSA) is 64.8 Å². The summed E-state index contributed by atoms with van der Waals surface area (Å²) in [5, 5.41) is 7.50. The highest BCUT2D eigenvalue weighted by Gasteiger charge is 2.46. The predicted molar refractivity (Wildman–Crippen MR) is 119 cm³/mol. The molecule has 8 heteroatoms. The Morgan fingerprint density at radius 2 is 1.97 bits per heavy atom. The molecular formula is C25H18ClFN2O4. The summed E-state index contributed by atoms with van der Waals surface area (Å²) in [6.45, 7) is 2.35. The van der Waals surface area contributed by atoms with Crippen molar-refractivity contribution in [1.82, 2.24) is 10.2 Å². The number of rotatable bonds is 2. The van der Waals surface area contributed by atoms with Gasteiger partial charge in [0.15, 0.2) is 0 Å². The zero-order valence-corrected chi connectivity index (χ0v) is 18.3. The maximum absolute atomic E-state index is 14.7. The van der Waals surface area contributed by atoms with Crippen LogP contribution in [-0.2, 0) is 4.84 Å². The van der Waals surface area contributed by atoms with Crippen molar-refractivity contribution in [3.8, 4) is 17.0 Å². The van der Waals surface area contributed by atoms with Crippen molar-refractivity contribution in [3.63, 3.8) is 0 Å². The summed E-state index contributed by atoms with van der Waals surface area (Å²) >= 11 is 6.26. The first kappa shape index (κ1) is 20.2. The van der Waals surface area contributed by atoms with Crippen LogP contribution in [0.15, 0.2) is 59.1 Å². The Morgan fingerprint density at radius 1 is 1.12 bits per heavy atom. The van der Waals surface area contributed by atoms with E-state index in [9.17, 15) is 9.18 Å². The standard InChI is InChI=1S/C25H18ClFN2O4/c1-13-20(23(28-33-13)22-17(26)7-4-8-18(22)27)25(30)29-24-15(12-32-29)11-31-19-10-9-14-5-2-3-6-16(14)21(19)24/h2-10,15,24H,11-12H2,1H3. The quantitative estimate of drug-likeness (QED) is 0.379. The van der Waals surface area contributed by atoms with Gasteiger partial charge in [-0.1, -0.05) is 53.2 Å². The average molecular weight is 465 g/mol. The van der Waals surface area contributed by atoms with E-state index in [-0.39, 0.29) is 39.6 Å². The molecule has 0 saturated carbocycles. The number of hydrogen-bond acceptors (Lipinski definition) is 5.